The Hall–Kier alpha value is -2.93. The highest BCUT2D eigenvalue weighted by atomic mass is 14.9. The van der Waals surface area contributed by atoms with Gasteiger partial charge in [-0.15, -0.1) is 0 Å². The number of fused-ring (bicyclic) bond motifs is 3. The third kappa shape index (κ3) is 3.66. The van der Waals surface area contributed by atoms with E-state index in [1.165, 1.54) is 70.0 Å². The Morgan fingerprint density at radius 1 is 0.824 bits per heavy atom. The summed E-state index contributed by atoms with van der Waals surface area (Å²) in [4.78, 5) is 0. The predicted octanol–water partition coefficient (Wildman–Crippen LogP) is 8.33. The number of hydrogen-bond donors (Lipinski definition) is 0. The van der Waals surface area contributed by atoms with Gasteiger partial charge >= 0.3 is 0 Å². The van der Waals surface area contributed by atoms with E-state index in [0.29, 0.717) is 5.92 Å². The summed E-state index contributed by atoms with van der Waals surface area (Å²) in [6.07, 6.45) is 8.13. The van der Waals surface area contributed by atoms with Gasteiger partial charge in [-0.1, -0.05) is 68.8 Å². The van der Waals surface area contributed by atoms with Crippen molar-refractivity contribution in [3.8, 4) is 22.4 Å². The van der Waals surface area contributed by atoms with E-state index in [1.807, 2.05) is 0 Å². The van der Waals surface area contributed by atoms with Crippen molar-refractivity contribution >= 4 is 10.8 Å². The standard InChI is InChI=1S/C33H36N/c1-21(2)32-20-34(4)33(29-8-6-5-7-22(29)3)19-31(32)28-14-12-24-17-27(13-11-25(24)18-28)30-16-23-9-10-26(30)15-23/h5-8,11-14,17-21,23,26,30H,9-10,15-16H2,1-4H3/q+1. The largest absolute Gasteiger partial charge is 0.213 e. The number of pyridine rings is 1. The summed E-state index contributed by atoms with van der Waals surface area (Å²) in [6.45, 7) is 6.80. The highest BCUT2D eigenvalue weighted by Crippen LogP contribution is 2.53. The zero-order valence-electron chi connectivity index (χ0n) is 21.0. The van der Waals surface area contributed by atoms with Gasteiger partial charge in [-0.3, -0.25) is 0 Å². The summed E-state index contributed by atoms with van der Waals surface area (Å²) in [5, 5.41) is 2.74. The maximum Gasteiger partial charge on any atom is 0.213 e. The normalized spacial score (nSPS) is 21.6. The van der Waals surface area contributed by atoms with Crippen LogP contribution in [-0.4, -0.2) is 0 Å². The predicted molar refractivity (Wildman–Crippen MR) is 143 cm³/mol. The Kier molecular flexibility index (Phi) is 5.32. The van der Waals surface area contributed by atoms with Crippen molar-refractivity contribution in [2.75, 3.05) is 0 Å². The van der Waals surface area contributed by atoms with E-state index >= 15 is 0 Å². The summed E-state index contributed by atoms with van der Waals surface area (Å²) in [6, 6.07) is 25.5. The molecule has 3 aromatic carbocycles. The molecule has 3 atom stereocenters. The molecule has 0 spiro atoms. The molecule has 1 aromatic heterocycles. The second-order valence-corrected chi connectivity index (χ2v) is 11.2. The van der Waals surface area contributed by atoms with Crippen molar-refractivity contribution in [1.82, 2.24) is 0 Å². The minimum atomic E-state index is 0.461. The Morgan fingerprint density at radius 3 is 2.35 bits per heavy atom. The molecule has 2 saturated carbocycles. The Bertz CT molecular complexity index is 1380. The number of hydrogen-bond acceptors (Lipinski definition) is 0. The molecule has 172 valence electrons. The monoisotopic (exact) mass is 446 g/mol. The maximum absolute atomic E-state index is 2.48. The van der Waals surface area contributed by atoms with Gasteiger partial charge < -0.3 is 0 Å². The zero-order valence-corrected chi connectivity index (χ0v) is 21.0. The van der Waals surface area contributed by atoms with Gasteiger partial charge in [0.2, 0.25) is 5.69 Å². The summed E-state index contributed by atoms with van der Waals surface area (Å²) < 4.78 is 2.30. The quantitative estimate of drug-likeness (QED) is 0.277. The van der Waals surface area contributed by atoms with E-state index in [1.54, 1.807) is 5.56 Å². The van der Waals surface area contributed by atoms with Gasteiger partial charge in [-0.25, -0.2) is 4.57 Å². The first-order chi connectivity index (χ1) is 16.5. The van der Waals surface area contributed by atoms with E-state index in [2.05, 4.69) is 105 Å². The first kappa shape index (κ1) is 21.6. The molecular weight excluding hydrogens is 410 g/mol. The average molecular weight is 447 g/mol. The molecule has 0 N–H and O–H groups in total. The van der Waals surface area contributed by atoms with Gasteiger partial charge in [0.05, 0.1) is 0 Å². The molecule has 6 rings (SSSR count). The lowest BCUT2D eigenvalue weighted by Gasteiger charge is -2.22. The lowest BCUT2D eigenvalue weighted by molar-refractivity contribution is -0.660. The van der Waals surface area contributed by atoms with Crippen molar-refractivity contribution in [3.05, 3.63) is 89.6 Å². The molecule has 1 nitrogen and oxygen atoms in total. The van der Waals surface area contributed by atoms with Crippen molar-refractivity contribution < 1.29 is 4.57 Å². The lowest BCUT2D eigenvalue weighted by Crippen LogP contribution is -2.32. The van der Waals surface area contributed by atoms with Crippen LogP contribution >= 0.6 is 0 Å². The molecule has 4 aromatic rings. The van der Waals surface area contributed by atoms with Crippen LogP contribution in [0.2, 0.25) is 0 Å². The van der Waals surface area contributed by atoms with Crippen LogP contribution in [0.5, 0.6) is 0 Å². The molecule has 0 saturated heterocycles. The third-order valence-corrected chi connectivity index (χ3v) is 8.69. The van der Waals surface area contributed by atoms with Crippen LogP contribution in [0, 0.1) is 18.8 Å². The number of rotatable bonds is 4. The fourth-order valence-corrected chi connectivity index (χ4v) is 6.82. The third-order valence-electron chi connectivity index (χ3n) is 8.69. The Morgan fingerprint density at radius 2 is 1.62 bits per heavy atom. The van der Waals surface area contributed by atoms with E-state index in [9.17, 15) is 0 Å². The number of aryl methyl sites for hydroxylation is 2. The van der Waals surface area contributed by atoms with Crippen LogP contribution < -0.4 is 4.57 Å². The molecule has 34 heavy (non-hydrogen) atoms. The molecule has 1 heteroatoms. The van der Waals surface area contributed by atoms with Crippen molar-refractivity contribution in [1.29, 1.82) is 0 Å². The van der Waals surface area contributed by atoms with Crippen LogP contribution in [0.3, 0.4) is 0 Å². The highest BCUT2D eigenvalue weighted by Gasteiger charge is 2.40. The summed E-state index contributed by atoms with van der Waals surface area (Å²) in [5.41, 5.74) is 9.53. The SMILES string of the molecule is Cc1ccccc1-c1cc(-c2ccc3cc(C4CC5CCC4C5)ccc3c2)c(C(C)C)c[n+]1C. The Labute approximate surface area is 204 Å². The fraction of sp³-hybridized carbons (Fsp3) is 0.364. The zero-order chi connectivity index (χ0) is 23.4. The van der Waals surface area contributed by atoms with Crippen LogP contribution in [0.15, 0.2) is 72.9 Å². The number of benzene rings is 3. The number of nitrogens with zero attached hydrogens (tertiary/aromatic N) is 1. The molecule has 1 heterocycles. The minimum Gasteiger partial charge on any atom is -0.201 e. The second kappa shape index (κ2) is 8.38. The minimum absolute atomic E-state index is 0.461. The van der Waals surface area contributed by atoms with Gasteiger partial charge in [-0.05, 0) is 95.0 Å². The smallest absolute Gasteiger partial charge is 0.201 e. The molecule has 0 amide bonds. The first-order valence-corrected chi connectivity index (χ1v) is 13.1. The molecule has 0 aliphatic heterocycles. The van der Waals surface area contributed by atoms with Crippen LogP contribution in [0.1, 0.15) is 68.1 Å². The average Bonchev–Trinajstić information content (AvgIpc) is 3.48. The lowest BCUT2D eigenvalue weighted by atomic mass is 9.82. The molecule has 2 fully saturated rings. The fourth-order valence-electron chi connectivity index (χ4n) is 6.82. The molecule has 0 radical (unpaired) electrons. The van der Waals surface area contributed by atoms with Crippen LogP contribution in [0.25, 0.3) is 33.2 Å². The van der Waals surface area contributed by atoms with Crippen molar-refractivity contribution in [3.63, 3.8) is 0 Å². The van der Waals surface area contributed by atoms with Crippen LogP contribution in [-0.2, 0) is 7.05 Å². The maximum atomic E-state index is 2.48. The molecule has 2 aliphatic carbocycles. The van der Waals surface area contributed by atoms with Gasteiger partial charge in [0.1, 0.15) is 7.05 Å². The van der Waals surface area contributed by atoms with Gasteiger partial charge in [-0.2, -0.15) is 0 Å². The highest BCUT2D eigenvalue weighted by molar-refractivity contribution is 5.89. The van der Waals surface area contributed by atoms with Crippen molar-refractivity contribution in [2.24, 2.45) is 18.9 Å². The van der Waals surface area contributed by atoms with E-state index in [0.717, 1.165) is 17.8 Å². The molecule has 2 aliphatic rings. The number of aromatic nitrogens is 1. The van der Waals surface area contributed by atoms with Gasteiger partial charge in [0, 0.05) is 17.2 Å². The van der Waals surface area contributed by atoms with Gasteiger partial charge in [0.25, 0.3) is 0 Å². The van der Waals surface area contributed by atoms with E-state index in [4.69, 9.17) is 0 Å². The van der Waals surface area contributed by atoms with Gasteiger partial charge in [0.15, 0.2) is 6.20 Å². The summed E-state index contributed by atoms with van der Waals surface area (Å²) >= 11 is 0. The summed E-state index contributed by atoms with van der Waals surface area (Å²) in [5.74, 6) is 3.17. The van der Waals surface area contributed by atoms with E-state index in [-0.39, 0.29) is 0 Å². The Balaban J connectivity index is 1.43. The first-order valence-electron chi connectivity index (χ1n) is 13.1. The molecule has 2 bridgehead atoms. The molecular formula is C33H36N+. The topological polar surface area (TPSA) is 3.88 Å². The van der Waals surface area contributed by atoms with Crippen LogP contribution in [0.4, 0.5) is 0 Å². The summed E-state index contributed by atoms with van der Waals surface area (Å²) in [7, 11) is 2.18. The van der Waals surface area contributed by atoms with E-state index < -0.39 is 0 Å². The second-order valence-electron chi connectivity index (χ2n) is 11.2. The van der Waals surface area contributed by atoms with Crippen molar-refractivity contribution in [2.45, 2.75) is 58.3 Å². The molecule has 3 unspecified atom stereocenters.